The van der Waals surface area contributed by atoms with Crippen LogP contribution in [-0.2, 0) is 0 Å². The van der Waals surface area contributed by atoms with Crippen molar-refractivity contribution in [3.63, 3.8) is 0 Å². The van der Waals surface area contributed by atoms with Crippen molar-refractivity contribution in [3.05, 3.63) is 24.3 Å². The highest BCUT2D eigenvalue weighted by atomic mass is 15.2. The first-order chi connectivity index (χ1) is 12.5. The second-order valence-corrected chi connectivity index (χ2v) is 8.21. The molecule has 1 aromatic carbocycles. The summed E-state index contributed by atoms with van der Waals surface area (Å²) in [5, 5.41) is 0. The summed E-state index contributed by atoms with van der Waals surface area (Å²) in [4.78, 5) is 4.87. The van der Waals surface area contributed by atoms with Crippen LogP contribution in [0.2, 0.25) is 0 Å². The Hall–Kier alpha value is -1.18. The van der Waals surface area contributed by atoms with Crippen molar-refractivity contribution in [2.75, 3.05) is 23.9 Å². The Morgan fingerprint density at radius 3 is 1.46 bits per heavy atom. The quantitative estimate of drug-likeness (QED) is 0.322. The number of nitrogens with zero attached hydrogens (tertiary/aromatic N) is 2. The second-order valence-electron chi connectivity index (χ2n) is 8.21. The third kappa shape index (κ3) is 8.01. The topological polar surface area (TPSA) is 6.48 Å². The third-order valence-corrected chi connectivity index (χ3v) is 5.56. The lowest BCUT2D eigenvalue weighted by atomic mass is 10.0. The fraction of sp³-hybridized carbons (Fsp3) is 0.750. The monoisotopic (exact) mass is 360 g/mol. The van der Waals surface area contributed by atoms with Crippen molar-refractivity contribution < 1.29 is 0 Å². The fourth-order valence-corrected chi connectivity index (χ4v) is 3.88. The number of unbranched alkanes of at least 4 members (excludes halogenated alkanes) is 6. The molecule has 0 aliphatic heterocycles. The Kier molecular flexibility index (Phi) is 11.5. The molecule has 0 spiro atoms. The van der Waals surface area contributed by atoms with Crippen molar-refractivity contribution in [1.29, 1.82) is 0 Å². The first kappa shape index (κ1) is 22.9. The predicted molar refractivity (Wildman–Crippen MR) is 120 cm³/mol. The molecule has 0 N–H and O–H groups in total. The minimum absolute atomic E-state index is 0.609. The lowest BCUT2D eigenvalue weighted by Gasteiger charge is -2.37. The zero-order chi connectivity index (χ0) is 19.4. The van der Waals surface area contributed by atoms with E-state index in [9.17, 15) is 0 Å². The number of rotatable bonds is 14. The van der Waals surface area contributed by atoms with Crippen LogP contribution in [0.5, 0.6) is 0 Å². The molecule has 2 atom stereocenters. The minimum Gasteiger partial charge on any atom is -0.378 e. The van der Waals surface area contributed by atoms with E-state index < -0.39 is 0 Å². The standard InChI is InChI=1S/C24H44N2/c1-7-9-11-13-15-21(3)26(22(4)16-14-12-10-8-2)24-19-17-23(18-20-24)25(5)6/h17-22H,7-16H2,1-6H3. The van der Waals surface area contributed by atoms with E-state index in [0.29, 0.717) is 12.1 Å². The third-order valence-electron chi connectivity index (χ3n) is 5.56. The minimum atomic E-state index is 0.609. The molecule has 150 valence electrons. The van der Waals surface area contributed by atoms with E-state index >= 15 is 0 Å². The summed E-state index contributed by atoms with van der Waals surface area (Å²) in [6.45, 7) is 9.43. The van der Waals surface area contributed by atoms with Gasteiger partial charge in [-0.2, -0.15) is 0 Å². The summed E-state index contributed by atoms with van der Waals surface area (Å²) in [6.07, 6.45) is 13.4. The van der Waals surface area contributed by atoms with E-state index in [0.717, 1.165) is 0 Å². The van der Waals surface area contributed by atoms with Crippen LogP contribution in [0.15, 0.2) is 24.3 Å². The van der Waals surface area contributed by atoms with E-state index in [1.165, 1.54) is 75.6 Å². The van der Waals surface area contributed by atoms with Gasteiger partial charge in [-0.1, -0.05) is 65.2 Å². The van der Waals surface area contributed by atoms with Gasteiger partial charge in [0, 0.05) is 37.6 Å². The molecule has 1 aromatic rings. The van der Waals surface area contributed by atoms with Crippen LogP contribution < -0.4 is 9.80 Å². The summed E-state index contributed by atoms with van der Waals surface area (Å²) in [7, 11) is 4.22. The van der Waals surface area contributed by atoms with Crippen LogP contribution in [-0.4, -0.2) is 26.2 Å². The van der Waals surface area contributed by atoms with Gasteiger partial charge in [-0.05, 0) is 51.0 Å². The number of hydrogen-bond donors (Lipinski definition) is 0. The molecule has 0 aliphatic carbocycles. The van der Waals surface area contributed by atoms with Gasteiger partial charge in [0.25, 0.3) is 0 Å². The van der Waals surface area contributed by atoms with Crippen molar-refractivity contribution in [2.24, 2.45) is 0 Å². The van der Waals surface area contributed by atoms with Crippen LogP contribution in [0.3, 0.4) is 0 Å². The first-order valence-corrected chi connectivity index (χ1v) is 11.1. The average molecular weight is 361 g/mol. The molecule has 0 saturated carbocycles. The zero-order valence-electron chi connectivity index (χ0n) is 18.4. The van der Waals surface area contributed by atoms with Crippen LogP contribution in [0.4, 0.5) is 11.4 Å². The molecular formula is C24H44N2. The van der Waals surface area contributed by atoms with E-state index in [1.807, 2.05) is 0 Å². The molecule has 2 heteroatoms. The normalized spacial score (nSPS) is 13.5. The Morgan fingerprint density at radius 2 is 1.08 bits per heavy atom. The molecule has 26 heavy (non-hydrogen) atoms. The molecule has 1 rings (SSSR count). The van der Waals surface area contributed by atoms with Crippen molar-refractivity contribution in [3.8, 4) is 0 Å². The van der Waals surface area contributed by atoms with Crippen LogP contribution in [0, 0.1) is 0 Å². The smallest absolute Gasteiger partial charge is 0.0372 e. The first-order valence-electron chi connectivity index (χ1n) is 11.1. The molecule has 0 aromatic heterocycles. The highest BCUT2D eigenvalue weighted by Gasteiger charge is 2.20. The van der Waals surface area contributed by atoms with Crippen molar-refractivity contribution in [2.45, 2.75) is 104 Å². The highest BCUT2D eigenvalue weighted by Crippen LogP contribution is 2.27. The predicted octanol–water partition coefficient (Wildman–Crippen LogP) is 7.28. The number of anilines is 2. The Labute approximate surface area is 164 Å². The Morgan fingerprint density at radius 1 is 0.654 bits per heavy atom. The summed E-state index contributed by atoms with van der Waals surface area (Å²) >= 11 is 0. The number of benzene rings is 1. The molecule has 2 nitrogen and oxygen atoms in total. The van der Waals surface area contributed by atoms with Gasteiger partial charge >= 0.3 is 0 Å². The maximum absolute atomic E-state index is 2.69. The molecule has 0 heterocycles. The lowest BCUT2D eigenvalue weighted by Crippen LogP contribution is -2.40. The van der Waals surface area contributed by atoms with Gasteiger partial charge in [0.05, 0.1) is 0 Å². The van der Waals surface area contributed by atoms with Gasteiger partial charge in [0.15, 0.2) is 0 Å². The van der Waals surface area contributed by atoms with Gasteiger partial charge in [-0.15, -0.1) is 0 Å². The van der Waals surface area contributed by atoms with Gasteiger partial charge in [-0.3, -0.25) is 0 Å². The average Bonchev–Trinajstić information content (AvgIpc) is 2.63. The zero-order valence-corrected chi connectivity index (χ0v) is 18.4. The highest BCUT2D eigenvalue weighted by molar-refractivity contribution is 5.56. The SMILES string of the molecule is CCCCCCC(C)N(c1ccc(N(C)C)cc1)C(C)CCCCCC. The molecule has 0 aliphatic rings. The molecule has 0 amide bonds. The molecule has 0 radical (unpaired) electrons. The summed E-state index contributed by atoms with van der Waals surface area (Å²) in [5.41, 5.74) is 2.67. The molecule has 0 fully saturated rings. The van der Waals surface area contributed by atoms with E-state index in [2.05, 4.69) is 75.9 Å². The summed E-state index contributed by atoms with van der Waals surface area (Å²) in [5.74, 6) is 0. The van der Waals surface area contributed by atoms with E-state index in [-0.39, 0.29) is 0 Å². The Balaban J connectivity index is 2.78. The van der Waals surface area contributed by atoms with E-state index in [1.54, 1.807) is 0 Å². The second kappa shape index (κ2) is 13.1. The molecular weight excluding hydrogens is 316 g/mol. The number of hydrogen-bond acceptors (Lipinski definition) is 2. The van der Waals surface area contributed by atoms with Crippen LogP contribution in [0.1, 0.15) is 91.9 Å². The maximum atomic E-state index is 2.69. The van der Waals surface area contributed by atoms with E-state index in [4.69, 9.17) is 0 Å². The fourth-order valence-electron chi connectivity index (χ4n) is 3.88. The molecule has 0 saturated heterocycles. The summed E-state index contributed by atoms with van der Waals surface area (Å²) < 4.78 is 0. The molecule has 2 unspecified atom stereocenters. The van der Waals surface area contributed by atoms with Crippen LogP contribution >= 0.6 is 0 Å². The Bertz CT molecular complexity index is 434. The summed E-state index contributed by atoms with van der Waals surface area (Å²) in [6, 6.07) is 10.4. The van der Waals surface area contributed by atoms with Gasteiger partial charge in [-0.25, -0.2) is 0 Å². The van der Waals surface area contributed by atoms with Gasteiger partial charge in [0.1, 0.15) is 0 Å². The maximum Gasteiger partial charge on any atom is 0.0372 e. The lowest BCUT2D eigenvalue weighted by molar-refractivity contribution is 0.465. The largest absolute Gasteiger partial charge is 0.378 e. The van der Waals surface area contributed by atoms with Gasteiger partial charge < -0.3 is 9.80 Å². The van der Waals surface area contributed by atoms with Crippen LogP contribution in [0.25, 0.3) is 0 Å². The van der Waals surface area contributed by atoms with Crippen molar-refractivity contribution in [1.82, 2.24) is 0 Å². The molecule has 0 bridgehead atoms. The van der Waals surface area contributed by atoms with Crippen molar-refractivity contribution >= 4 is 11.4 Å². The van der Waals surface area contributed by atoms with Gasteiger partial charge in [0.2, 0.25) is 0 Å².